The van der Waals surface area contributed by atoms with Gasteiger partial charge in [0.1, 0.15) is 12.2 Å². The number of carbonyl (C=O) groups is 3. The summed E-state index contributed by atoms with van der Waals surface area (Å²) in [6.07, 6.45) is -8.88. The van der Waals surface area contributed by atoms with Gasteiger partial charge >= 0.3 is 18.4 Å². The summed E-state index contributed by atoms with van der Waals surface area (Å²) in [6, 6.07) is 5.83. The maximum Gasteiger partial charge on any atom is 0.436 e. The van der Waals surface area contributed by atoms with Crippen LogP contribution in [0.5, 0.6) is 0 Å². The van der Waals surface area contributed by atoms with Crippen molar-refractivity contribution in [3.05, 3.63) is 35.9 Å². The third-order valence-electron chi connectivity index (χ3n) is 3.45. The van der Waals surface area contributed by atoms with E-state index < -0.39 is 42.3 Å². The zero-order valence-electron chi connectivity index (χ0n) is 14.9. The first kappa shape index (κ1) is 20.5. The van der Waals surface area contributed by atoms with Gasteiger partial charge in [0.15, 0.2) is 6.04 Å². The predicted molar refractivity (Wildman–Crippen MR) is 86.0 cm³/mol. The molecule has 7 nitrogen and oxygen atoms in total. The highest BCUT2D eigenvalue weighted by atomic mass is 19.4. The van der Waals surface area contributed by atoms with E-state index in [1.165, 1.54) is 20.8 Å². The van der Waals surface area contributed by atoms with Crippen molar-refractivity contribution in [3.63, 3.8) is 0 Å². The lowest BCUT2D eigenvalue weighted by Crippen LogP contribution is -2.54. The van der Waals surface area contributed by atoms with Crippen LogP contribution in [0, 0.1) is 0 Å². The number of nitrogens with zero attached hydrogens (tertiary/aromatic N) is 2. The maximum atomic E-state index is 13.3. The van der Waals surface area contributed by atoms with Gasteiger partial charge in [-0.05, 0) is 26.3 Å². The molecular formula is C17H19F3N2O5. The molecule has 3 amide bonds. The Morgan fingerprint density at radius 3 is 2.22 bits per heavy atom. The Morgan fingerprint density at radius 1 is 1.11 bits per heavy atom. The average molecular weight is 388 g/mol. The third kappa shape index (κ3) is 5.11. The fourth-order valence-electron chi connectivity index (χ4n) is 2.34. The molecule has 1 heterocycles. The van der Waals surface area contributed by atoms with Crippen molar-refractivity contribution in [1.29, 1.82) is 0 Å². The summed E-state index contributed by atoms with van der Waals surface area (Å²) in [7, 11) is 0. The van der Waals surface area contributed by atoms with Crippen molar-refractivity contribution in [2.75, 3.05) is 0 Å². The first-order valence-electron chi connectivity index (χ1n) is 8.02. The number of hydrogen-bond acceptors (Lipinski definition) is 5. The van der Waals surface area contributed by atoms with Gasteiger partial charge in [0.25, 0.3) is 5.91 Å². The van der Waals surface area contributed by atoms with Gasteiger partial charge in [0.2, 0.25) is 0 Å². The van der Waals surface area contributed by atoms with E-state index in [0.717, 1.165) is 0 Å². The number of rotatable bonds is 2. The summed E-state index contributed by atoms with van der Waals surface area (Å²) in [5.74, 6) is -1.21. The highest BCUT2D eigenvalue weighted by molar-refractivity contribution is 5.96. The predicted octanol–water partition coefficient (Wildman–Crippen LogP) is 3.64. The number of alkyl halides is 3. The Kier molecular flexibility index (Phi) is 5.67. The second kappa shape index (κ2) is 7.45. The van der Waals surface area contributed by atoms with E-state index >= 15 is 0 Å². The van der Waals surface area contributed by atoms with Crippen LogP contribution in [0.1, 0.15) is 32.8 Å². The Balaban J connectivity index is 2.23. The lowest BCUT2D eigenvalue weighted by atomic mass is 10.2. The first-order chi connectivity index (χ1) is 12.4. The zero-order valence-corrected chi connectivity index (χ0v) is 14.9. The van der Waals surface area contributed by atoms with Crippen molar-refractivity contribution in [1.82, 2.24) is 10.0 Å². The Bertz CT molecular complexity index is 716. The van der Waals surface area contributed by atoms with Crippen molar-refractivity contribution in [2.45, 2.75) is 51.6 Å². The van der Waals surface area contributed by atoms with Crippen molar-refractivity contribution in [2.24, 2.45) is 0 Å². The Morgan fingerprint density at radius 2 is 1.70 bits per heavy atom. The minimum absolute atomic E-state index is 0.0269. The van der Waals surface area contributed by atoms with E-state index in [2.05, 4.69) is 0 Å². The Hall–Kier alpha value is -2.78. The second-order valence-electron chi connectivity index (χ2n) is 6.83. The molecule has 0 bridgehead atoms. The molecule has 0 spiro atoms. The smallest absolute Gasteiger partial charge is 0.436 e. The summed E-state index contributed by atoms with van der Waals surface area (Å²) in [5, 5.41) is 0.0239. The number of hydrazine groups is 1. The fourth-order valence-corrected chi connectivity index (χ4v) is 2.34. The summed E-state index contributed by atoms with van der Waals surface area (Å²) >= 11 is 0. The van der Waals surface area contributed by atoms with Crippen LogP contribution in [0.2, 0.25) is 0 Å². The van der Waals surface area contributed by atoms with Crippen molar-refractivity contribution < 1.29 is 37.0 Å². The average Bonchev–Trinajstić information content (AvgIpc) is 2.90. The number of halogens is 3. The summed E-state index contributed by atoms with van der Waals surface area (Å²) < 4.78 is 49.7. The fraction of sp³-hybridized carbons (Fsp3) is 0.471. The van der Waals surface area contributed by atoms with Crippen LogP contribution in [0.25, 0.3) is 0 Å². The van der Waals surface area contributed by atoms with Crippen LogP contribution in [0.4, 0.5) is 22.8 Å². The summed E-state index contributed by atoms with van der Waals surface area (Å²) in [4.78, 5) is 36.5. The molecule has 1 fully saturated rings. The molecule has 0 aliphatic carbocycles. The highest BCUT2D eigenvalue weighted by Gasteiger charge is 2.58. The van der Waals surface area contributed by atoms with Gasteiger partial charge in [-0.2, -0.15) is 18.2 Å². The standard InChI is InChI=1S/C17H19F3N2O5/c1-16(2,3)27-15(25)21-12(17(18,19)20)9-13(23)22(21)14(24)26-10-11-7-5-4-6-8-11/h4-8,12H,9-10H2,1-3H3. The van der Waals surface area contributed by atoms with E-state index in [-0.39, 0.29) is 16.6 Å². The number of imide groups is 1. The minimum atomic E-state index is -4.93. The molecule has 2 rings (SSSR count). The van der Waals surface area contributed by atoms with Gasteiger partial charge in [-0.15, -0.1) is 5.01 Å². The van der Waals surface area contributed by atoms with Gasteiger partial charge in [-0.3, -0.25) is 4.79 Å². The minimum Gasteiger partial charge on any atom is -0.443 e. The van der Waals surface area contributed by atoms with Crippen LogP contribution in [-0.4, -0.2) is 45.9 Å². The number of hydrogen-bond donors (Lipinski definition) is 0. The normalized spacial score (nSPS) is 17.9. The first-order valence-corrected chi connectivity index (χ1v) is 8.02. The van der Waals surface area contributed by atoms with Crippen molar-refractivity contribution >= 4 is 18.1 Å². The monoisotopic (exact) mass is 388 g/mol. The largest absolute Gasteiger partial charge is 0.443 e. The number of carbonyl (C=O) groups excluding carboxylic acids is 3. The van der Waals surface area contributed by atoms with Gasteiger partial charge < -0.3 is 9.47 Å². The summed E-state index contributed by atoms with van der Waals surface area (Å²) in [6.45, 7) is 4.07. The molecule has 0 radical (unpaired) electrons. The molecule has 0 N–H and O–H groups in total. The van der Waals surface area contributed by atoms with E-state index in [1.807, 2.05) is 0 Å². The quantitative estimate of drug-likeness (QED) is 0.773. The molecule has 1 aromatic carbocycles. The van der Waals surface area contributed by atoms with Crippen LogP contribution in [0.15, 0.2) is 30.3 Å². The van der Waals surface area contributed by atoms with Crippen LogP contribution >= 0.6 is 0 Å². The second-order valence-corrected chi connectivity index (χ2v) is 6.83. The zero-order chi connectivity index (χ0) is 20.4. The molecule has 1 aliphatic heterocycles. The molecule has 0 aromatic heterocycles. The number of benzene rings is 1. The van der Waals surface area contributed by atoms with Gasteiger partial charge in [-0.1, -0.05) is 30.3 Å². The molecule has 1 unspecified atom stereocenters. The third-order valence-corrected chi connectivity index (χ3v) is 3.45. The molecule has 1 aliphatic rings. The number of ether oxygens (including phenoxy) is 2. The maximum absolute atomic E-state index is 13.3. The molecular weight excluding hydrogens is 369 g/mol. The van der Waals surface area contributed by atoms with E-state index in [1.54, 1.807) is 30.3 Å². The lowest BCUT2D eigenvalue weighted by Gasteiger charge is -2.32. The van der Waals surface area contributed by atoms with Crippen LogP contribution < -0.4 is 0 Å². The van der Waals surface area contributed by atoms with E-state index in [0.29, 0.717) is 5.56 Å². The lowest BCUT2D eigenvalue weighted by molar-refractivity contribution is -0.190. The molecule has 1 saturated heterocycles. The molecule has 148 valence electrons. The highest BCUT2D eigenvalue weighted by Crippen LogP contribution is 2.35. The molecule has 0 saturated carbocycles. The van der Waals surface area contributed by atoms with Gasteiger partial charge in [0, 0.05) is 0 Å². The molecule has 1 atom stereocenters. The van der Waals surface area contributed by atoms with Gasteiger partial charge in [0.05, 0.1) is 6.42 Å². The Labute approximate surface area is 153 Å². The van der Waals surface area contributed by atoms with E-state index in [4.69, 9.17) is 9.47 Å². The van der Waals surface area contributed by atoms with Crippen LogP contribution in [-0.2, 0) is 20.9 Å². The molecule has 1 aromatic rings. The molecule has 27 heavy (non-hydrogen) atoms. The SMILES string of the molecule is CC(C)(C)OC(=O)N1C(C(F)(F)F)CC(=O)N1C(=O)OCc1ccccc1. The molecule has 10 heteroatoms. The van der Waals surface area contributed by atoms with Gasteiger partial charge in [-0.25, -0.2) is 9.59 Å². The van der Waals surface area contributed by atoms with Crippen molar-refractivity contribution in [3.8, 4) is 0 Å². The van der Waals surface area contributed by atoms with Crippen LogP contribution in [0.3, 0.4) is 0 Å². The van der Waals surface area contributed by atoms with E-state index in [9.17, 15) is 27.6 Å². The topological polar surface area (TPSA) is 76.2 Å². The summed E-state index contributed by atoms with van der Waals surface area (Å²) in [5.41, 5.74) is -0.563. The number of amides is 3.